The SMILES string of the molecule is Cc1ccc(N2C(=O)CC(c3ccccc3)C3=C2CC(C)(C)CC3=O)cc1. The Morgan fingerprint density at radius 1 is 0.926 bits per heavy atom. The number of anilines is 1. The largest absolute Gasteiger partial charge is 0.294 e. The lowest BCUT2D eigenvalue weighted by Gasteiger charge is -2.43. The van der Waals surface area contributed by atoms with E-state index in [0.29, 0.717) is 12.8 Å². The zero-order valence-electron chi connectivity index (χ0n) is 16.2. The summed E-state index contributed by atoms with van der Waals surface area (Å²) in [5, 5.41) is 0. The van der Waals surface area contributed by atoms with E-state index in [9.17, 15) is 9.59 Å². The van der Waals surface area contributed by atoms with Crippen molar-refractivity contribution in [3.63, 3.8) is 0 Å². The van der Waals surface area contributed by atoms with E-state index in [1.807, 2.05) is 61.5 Å². The van der Waals surface area contributed by atoms with E-state index < -0.39 is 0 Å². The van der Waals surface area contributed by atoms with Gasteiger partial charge in [0.15, 0.2) is 5.78 Å². The molecule has 0 bridgehead atoms. The Bertz CT molecular complexity index is 923. The number of aryl methyl sites for hydroxylation is 1. The molecule has 1 aliphatic heterocycles. The lowest BCUT2D eigenvalue weighted by Crippen LogP contribution is -2.43. The molecule has 0 fully saturated rings. The van der Waals surface area contributed by atoms with Crippen LogP contribution in [-0.4, -0.2) is 11.7 Å². The van der Waals surface area contributed by atoms with Gasteiger partial charge < -0.3 is 0 Å². The average Bonchev–Trinajstić information content (AvgIpc) is 2.62. The number of hydrogen-bond acceptors (Lipinski definition) is 2. The molecule has 1 aliphatic carbocycles. The summed E-state index contributed by atoms with van der Waals surface area (Å²) in [6.45, 7) is 6.25. The van der Waals surface area contributed by atoms with E-state index in [-0.39, 0.29) is 23.0 Å². The molecule has 0 N–H and O–H groups in total. The maximum Gasteiger partial charge on any atom is 0.232 e. The number of rotatable bonds is 2. The van der Waals surface area contributed by atoms with Crippen molar-refractivity contribution in [1.82, 2.24) is 0 Å². The third-order valence-corrected chi connectivity index (χ3v) is 5.64. The quantitative estimate of drug-likeness (QED) is 0.743. The van der Waals surface area contributed by atoms with Crippen LogP contribution in [0.25, 0.3) is 0 Å². The van der Waals surface area contributed by atoms with Gasteiger partial charge in [0.2, 0.25) is 5.91 Å². The number of carbonyl (C=O) groups excluding carboxylic acids is 2. The van der Waals surface area contributed by atoms with Crippen LogP contribution in [0.4, 0.5) is 5.69 Å². The van der Waals surface area contributed by atoms with Crippen LogP contribution in [0.15, 0.2) is 65.9 Å². The molecule has 138 valence electrons. The van der Waals surface area contributed by atoms with Crippen LogP contribution in [0.3, 0.4) is 0 Å². The molecule has 0 saturated heterocycles. The van der Waals surface area contributed by atoms with Crippen molar-refractivity contribution in [3.8, 4) is 0 Å². The Hall–Kier alpha value is -2.68. The van der Waals surface area contributed by atoms with Gasteiger partial charge in [0.25, 0.3) is 0 Å². The zero-order chi connectivity index (χ0) is 19.2. The van der Waals surface area contributed by atoms with Crippen LogP contribution < -0.4 is 4.90 Å². The summed E-state index contributed by atoms with van der Waals surface area (Å²) in [4.78, 5) is 28.2. The van der Waals surface area contributed by atoms with E-state index in [2.05, 4.69) is 13.8 Å². The van der Waals surface area contributed by atoms with E-state index in [1.54, 1.807) is 4.90 Å². The molecule has 4 rings (SSSR count). The number of allylic oxidation sites excluding steroid dienone is 2. The highest BCUT2D eigenvalue weighted by Crippen LogP contribution is 2.48. The van der Waals surface area contributed by atoms with Crippen molar-refractivity contribution in [3.05, 3.63) is 77.0 Å². The van der Waals surface area contributed by atoms with Crippen LogP contribution >= 0.6 is 0 Å². The number of amides is 1. The predicted molar refractivity (Wildman–Crippen MR) is 108 cm³/mol. The van der Waals surface area contributed by atoms with E-state index in [0.717, 1.165) is 34.5 Å². The second-order valence-corrected chi connectivity index (χ2v) is 8.53. The summed E-state index contributed by atoms with van der Waals surface area (Å²) in [5.74, 6) is 0.107. The third kappa shape index (κ3) is 3.23. The highest BCUT2D eigenvalue weighted by Gasteiger charge is 2.44. The van der Waals surface area contributed by atoms with Gasteiger partial charge in [-0.2, -0.15) is 0 Å². The molecule has 3 heteroatoms. The molecule has 3 nitrogen and oxygen atoms in total. The summed E-state index contributed by atoms with van der Waals surface area (Å²) < 4.78 is 0. The second-order valence-electron chi connectivity index (χ2n) is 8.53. The van der Waals surface area contributed by atoms with Crippen LogP contribution in [0, 0.1) is 12.3 Å². The Kier molecular flexibility index (Phi) is 4.26. The number of carbonyl (C=O) groups is 2. The lowest BCUT2D eigenvalue weighted by atomic mass is 9.69. The normalized spacial score (nSPS) is 22.0. The van der Waals surface area contributed by atoms with E-state index in [4.69, 9.17) is 0 Å². The van der Waals surface area contributed by atoms with Gasteiger partial charge in [0, 0.05) is 35.7 Å². The summed E-state index contributed by atoms with van der Waals surface area (Å²) in [6.07, 6.45) is 1.60. The van der Waals surface area contributed by atoms with Crippen LogP contribution in [0.1, 0.15) is 50.2 Å². The zero-order valence-corrected chi connectivity index (χ0v) is 16.2. The van der Waals surface area contributed by atoms with Gasteiger partial charge >= 0.3 is 0 Å². The minimum atomic E-state index is -0.141. The van der Waals surface area contributed by atoms with Gasteiger partial charge in [-0.05, 0) is 36.5 Å². The molecule has 1 amide bonds. The first-order valence-electron chi connectivity index (χ1n) is 9.56. The van der Waals surface area contributed by atoms with Crippen molar-refractivity contribution < 1.29 is 9.59 Å². The first-order valence-corrected chi connectivity index (χ1v) is 9.56. The maximum absolute atomic E-state index is 13.2. The Morgan fingerprint density at radius 3 is 2.26 bits per heavy atom. The van der Waals surface area contributed by atoms with Crippen LogP contribution in [-0.2, 0) is 9.59 Å². The fourth-order valence-electron chi connectivity index (χ4n) is 4.38. The molecular weight excluding hydrogens is 334 g/mol. The third-order valence-electron chi connectivity index (χ3n) is 5.64. The standard InChI is InChI=1S/C24H25NO2/c1-16-9-11-18(12-10-16)25-20-14-24(2,3)15-21(26)23(20)19(13-22(25)27)17-7-5-4-6-8-17/h4-12,19H,13-15H2,1-3H3. The Morgan fingerprint density at radius 2 is 1.59 bits per heavy atom. The van der Waals surface area contributed by atoms with E-state index in [1.165, 1.54) is 0 Å². The maximum atomic E-state index is 13.2. The topological polar surface area (TPSA) is 37.4 Å². The highest BCUT2D eigenvalue weighted by atomic mass is 16.2. The summed E-state index contributed by atoms with van der Waals surface area (Å²) >= 11 is 0. The highest BCUT2D eigenvalue weighted by molar-refractivity contribution is 6.07. The summed E-state index contributed by atoms with van der Waals surface area (Å²) in [7, 11) is 0. The van der Waals surface area contributed by atoms with Gasteiger partial charge in [-0.1, -0.05) is 61.9 Å². The van der Waals surface area contributed by atoms with E-state index >= 15 is 0 Å². The van der Waals surface area contributed by atoms with Crippen molar-refractivity contribution in [2.75, 3.05) is 4.90 Å². The molecule has 0 aromatic heterocycles. The average molecular weight is 359 g/mol. The second kappa shape index (κ2) is 6.49. The molecule has 0 spiro atoms. The molecule has 27 heavy (non-hydrogen) atoms. The number of nitrogens with zero attached hydrogens (tertiary/aromatic N) is 1. The number of hydrogen-bond donors (Lipinski definition) is 0. The van der Waals surface area contributed by atoms with Crippen LogP contribution in [0.5, 0.6) is 0 Å². The molecule has 2 aromatic carbocycles. The van der Waals surface area contributed by atoms with Crippen LogP contribution in [0.2, 0.25) is 0 Å². The van der Waals surface area contributed by atoms with Crippen molar-refractivity contribution >= 4 is 17.4 Å². The molecule has 1 unspecified atom stereocenters. The van der Waals surface area contributed by atoms with Crippen molar-refractivity contribution in [1.29, 1.82) is 0 Å². The molecule has 1 atom stereocenters. The smallest absolute Gasteiger partial charge is 0.232 e. The molecule has 2 aliphatic rings. The van der Waals surface area contributed by atoms with Gasteiger partial charge in [-0.25, -0.2) is 0 Å². The first kappa shape index (κ1) is 17.7. The van der Waals surface area contributed by atoms with Gasteiger partial charge in [-0.15, -0.1) is 0 Å². The van der Waals surface area contributed by atoms with Gasteiger partial charge in [0.05, 0.1) is 0 Å². The number of Topliss-reactive ketones (excluding diaryl/α,β-unsaturated/α-hetero) is 1. The van der Waals surface area contributed by atoms with Gasteiger partial charge in [0.1, 0.15) is 0 Å². The van der Waals surface area contributed by atoms with Crippen molar-refractivity contribution in [2.24, 2.45) is 5.41 Å². The minimum Gasteiger partial charge on any atom is -0.294 e. The van der Waals surface area contributed by atoms with Gasteiger partial charge in [-0.3, -0.25) is 14.5 Å². The molecule has 1 heterocycles. The fourth-order valence-corrected chi connectivity index (χ4v) is 4.38. The Balaban J connectivity index is 1.89. The molecule has 0 saturated carbocycles. The van der Waals surface area contributed by atoms with Crippen molar-refractivity contribution in [2.45, 2.75) is 46.0 Å². The summed E-state index contributed by atoms with van der Waals surface area (Å²) in [6, 6.07) is 18.0. The minimum absolute atomic E-state index is 0.0666. The lowest BCUT2D eigenvalue weighted by molar-refractivity contribution is -0.121. The monoisotopic (exact) mass is 359 g/mol. The number of ketones is 1. The number of benzene rings is 2. The molecular formula is C24H25NO2. The molecule has 2 aromatic rings. The Labute approximate surface area is 160 Å². The fraction of sp³-hybridized carbons (Fsp3) is 0.333. The molecule has 0 radical (unpaired) electrons. The predicted octanol–water partition coefficient (Wildman–Crippen LogP) is 5.16. The summed E-state index contributed by atoms with van der Waals surface area (Å²) in [5.41, 5.74) is 4.65. The first-order chi connectivity index (χ1) is 12.9.